The summed E-state index contributed by atoms with van der Waals surface area (Å²) in [5.74, 6) is -1.83. The molecule has 2 N–H and O–H groups in total. The number of thiophene rings is 1. The quantitative estimate of drug-likeness (QED) is 0.841. The zero-order valence-electron chi connectivity index (χ0n) is 12.8. The number of amides is 2. The van der Waals surface area contributed by atoms with Gasteiger partial charge in [0.05, 0.1) is 18.5 Å². The minimum Gasteiger partial charge on any atom is -0.476 e. The summed E-state index contributed by atoms with van der Waals surface area (Å²) in [5, 5.41) is 15.5. The fraction of sp³-hybridized carbons (Fsp3) is 0.333. The van der Waals surface area contributed by atoms with Gasteiger partial charge < -0.3 is 15.3 Å². The zero-order chi connectivity index (χ0) is 17.3. The van der Waals surface area contributed by atoms with E-state index in [9.17, 15) is 14.4 Å². The van der Waals surface area contributed by atoms with Gasteiger partial charge in [0, 0.05) is 23.7 Å². The molecule has 1 aliphatic rings. The number of aromatic carboxylic acids is 1. The molecule has 0 saturated carbocycles. The van der Waals surface area contributed by atoms with Crippen molar-refractivity contribution in [3.05, 3.63) is 38.5 Å². The van der Waals surface area contributed by atoms with Crippen LogP contribution in [0.4, 0.5) is 0 Å². The molecule has 0 spiro atoms. The van der Waals surface area contributed by atoms with Crippen LogP contribution < -0.4 is 5.32 Å². The number of nitrogens with one attached hydrogen (secondary N) is 1. The molecule has 9 heteroatoms. The monoisotopic (exact) mass is 365 g/mol. The summed E-state index contributed by atoms with van der Waals surface area (Å²) in [6.45, 7) is 0.155. The van der Waals surface area contributed by atoms with Crippen molar-refractivity contribution in [2.24, 2.45) is 5.92 Å². The first-order valence-electron chi connectivity index (χ1n) is 7.22. The van der Waals surface area contributed by atoms with Gasteiger partial charge in [-0.2, -0.15) is 0 Å². The fourth-order valence-corrected chi connectivity index (χ4v) is 4.38. The summed E-state index contributed by atoms with van der Waals surface area (Å²) < 4.78 is 0. The van der Waals surface area contributed by atoms with E-state index in [4.69, 9.17) is 5.11 Å². The Kier molecular flexibility index (Phi) is 4.63. The topological polar surface area (TPSA) is 99.6 Å². The van der Waals surface area contributed by atoms with E-state index < -0.39 is 11.9 Å². The average Bonchev–Trinajstić information content (AvgIpc) is 3.26. The van der Waals surface area contributed by atoms with Crippen LogP contribution in [0.15, 0.2) is 22.9 Å². The molecule has 3 heterocycles. The third-order valence-corrected chi connectivity index (χ3v) is 5.73. The normalized spacial score (nSPS) is 20.4. The molecule has 0 aliphatic carbocycles. The molecule has 1 aliphatic heterocycles. The van der Waals surface area contributed by atoms with E-state index in [-0.39, 0.29) is 36.5 Å². The second-order valence-corrected chi connectivity index (χ2v) is 7.35. The van der Waals surface area contributed by atoms with Gasteiger partial charge >= 0.3 is 5.97 Å². The third kappa shape index (κ3) is 3.17. The molecule has 0 unspecified atom stereocenters. The molecule has 3 rings (SSSR count). The number of thiazole rings is 1. The summed E-state index contributed by atoms with van der Waals surface area (Å²) in [6.07, 6.45) is 0.170. The predicted octanol–water partition coefficient (Wildman–Crippen LogP) is 1.74. The second-order valence-electron chi connectivity index (χ2n) is 5.42. The van der Waals surface area contributed by atoms with Gasteiger partial charge in [0.2, 0.25) is 11.8 Å². The van der Waals surface area contributed by atoms with Crippen LogP contribution >= 0.6 is 22.7 Å². The fourth-order valence-electron chi connectivity index (χ4n) is 2.74. The van der Waals surface area contributed by atoms with Gasteiger partial charge in [0.15, 0.2) is 5.69 Å². The largest absolute Gasteiger partial charge is 0.476 e. The summed E-state index contributed by atoms with van der Waals surface area (Å²) in [4.78, 5) is 41.9. The van der Waals surface area contributed by atoms with Gasteiger partial charge in [0.1, 0.15) is 5.01 Å². The Morgan fingerprint density at radius 3 is 2.88 bits per heavy atom. The lowest BCUT2D eigenvalue weighted by atomic mass is 9.98. The van der Waals surface area contributed by atoms with Crippen LogP contribution in [0.3, 0.4) is 0 Å². The smallest absolute Gasteiger partial charge is 0.355 e. The van der Waals surface area contributed by atoms with Crippen molar-refractivity contribution in [1.29, 1.82) is 0 Å². The van der Waals surface area contributed by atoms with Crippen molar-refractivity contribution in [2.75, 3.05) is 7.05 Å². The average molecular weight is 365 g/mol. The number of carbonyl (C=O) groups is 3. The van der Waals surface area contributed by atoms with Gasteiger partial charge in [-0.3, -0.25) is 9.59 Å². The number of likely N-dealkylation sites (tertiary alicyclic amines) is 1. The summed E-state index contributed by atoms with van der Waals surface area (Å²) in [6, 6.07) is 3.56. The molecule has 1 saturated heterocycles. The van der Waals surface area contributed by atoms with Crippen LogP contribution in [0.2, 0.25) is 0 Å². The molecule has 2 amide bonds. The predicted molar refractivity (Wildman–Crippen MR) is 88.9 cm³/mol. The van der Waals surface area contributed by atoms with Crippen molar-refractivity contribution in [3.63, 3.8) is 0 Å². The van der Waals surface area contributed by atoms with E-state index in [0.29, 0.717) is 5.01 Å². The van der Waals surface area contributed by atoms with Crippen LogP contribution in [0, 0.1) is 5.92 Å². The molecular weight excluding hydrogens is 350 g/mol. The number of carboxylic acids is 1. The first kappa shape index (κ1) is 16.6. The van der Waals surface area contributed by atoms with Crippen LogP contribution in [-0.4, -0.2) is 39.8 Å². The van der Waals surface area contributed by atoms with Gasteiger partial charge in [-0.1, -0.05) is 6.07 Å². The van der Waals surface area contributed by atoms with Crippen LogP contribution in [-0.2, 0) is 16.1 Å². The summed E-state index contributed by atoms with van der Waals surface area (Å²) >= 11 is 2.70. The zero-order valence-corrected chi connectivity index (χ0v) is 14.4. The number of hydrogen-bond donors (Lipinski definition) is 2. The van der Waals surface area contributed by atoms with Crippen LogP contribution in [0.25, 0.3) is 0 Å². The van der Waals surface area contributed by atoms with E-state index in [1.165, 1.54) is 28.1 Å². The Labute approximate surface area is 145 Å². The van der Waals surface area contributed by atoms with Crippen molar-refractivity contribution in [2.45, 2.75) is 19.0 Å². The highest BCUT2D eigenvalue weighted by Crippen LogP contribution is 2.39. The maximum absolute atomic E-state index is 12.5. The Balaban J connectivity index is 1.69. The maximum Gasteiger partial charge on any atom is 0.355 e. The number of aromatic nitrogens is 1. The van der Waals surface area contributed by atoms with E-state index >= 15 is 0 Å². The Morgan fingerprint density at radius 2 is 2.25 bits per heavy atom. The van der Waals surface area contributed by atoms with Crippen molar-refractivity contribution >= 4 is 40.5 Å². The SMILES string of the molecule is CN1C(=O)C[C@@H](C(=O)NCc2nc(C(=O)O)cs2)[C@@H]1c1cccs1. The standard InChI is InChI=1S/C15H15N3O4S2/c1-18-12(19)5-8(13(18)10-3-2-4-23-10)14(20)16-6-11-17-9(7-24-11)15(21)22/h2-4,7-8,13H,5-6H2,1H3,(H,16,20)(H,21,22)/t8-,13-/m1/s1. The lowest BCUT2D eigenvalue weighted by molar-refractivity contribution is -0.128. The molecule has 1 fully saturated rings. The van der Waals surface area contributed by atoms with Gasteiger partial charge in [0.25, 0.3) is 0 Å². The van der Waals surface area contributed by atoms with E-state index in [1.807, 2.05) is 17.5 Å². The number of nitrogens with zero attached hydrogens (tertiary/aromatic N) is 2. The highest BCUT2D eigenvalue weighted by Gasteiger charge is 2.43. The highest BCUT2D eigenvalue weighted by molar-refractivity contribution is 7.10. The van der Waals surface area contributed by atoms with Gasteiger partial charge in [-0.25, -0.2) is 9.78 Å². The molecule has 0 aromatic carbocycles. The number of rotatable bonds is 5. The molecule has 126 valence electrons. The van der Waals surface area contributed by atoms with Gasteiger partial charge in [-0.05, 0) is 11.4 Å². The molecule has 24 heavy (non-hydrogen) atoms. The molecule has 7 nitrogen and oxygen atoms in total. The van der Waals surface area contributed by atoms with Crippen molar-refractivity contribution in [1.82, 2.24) is 15.2 Å². The molecular formula is C15H15N3O4S2. The summed E-state index contributed by atoms with van der Waals surface area (Å²) in [7, 11) is 1.71. The first-order chi connectivity index (χ1) is 11.5. The lowest BCUT2D eigenvalue weighted by Crippen LogP contribution is -2.33. The second kappa shape index (κ2) is 6.70. The third-order valence-electron chi connectivity index (χ3n) is 3.94. The molecule has 2 aromatic rings. The maximum atomic E-state index is 12.5. The summed E-state index contributed by atoms with van der Waals surface area (Å²) in [5.41, 5.74) is -0.0310. The minimum absolute atomic E-state index is 0.0310. The molecule has 2 atom stereocenters. The van der Waals surface area contributed by atoms with E-state index in [2.05, 4.69) is 10.3 Å². The van der Waals surface area contributed by atoms with E-state index in [1.54, 1.807) is 11.9 Å². The van der Waals surface area contributed by atoms with Crippen molar-refractivity contribution in [3.8, 4) is 0 Å². The number of hydrogen-bond acceptors (Lipinski definition) is 6. The Morgan fingerprint density at radius 1 is 1.46 bits per heavy atom. The minimum atomic E-state index is -1.09. The first-order valence-corrected chi connectivity index (χ1v) is 8.97. The van der Waals surface area contributed by atoms with Crippen LogP contribution in [0.5, 0.6) is 0 Å². The van der Waals surface area contributed by atoms with Gasteiger partial charge in [-0.15, -0.1) is 22.7 Å². The Hall–Kier alpha value is -2.26. The molecule has 0 radical (unpaired) electrons. The lowest BCUT2D eigenvalue weighted by Gasteiger charge is -2.23. The molecule has 0 bridgehead atoms. The van der Waals surface area contributed by atoms with E-state index in [0.717, 1.165) is 4.88 Å². The number of carboxylic acid groups (broad SMARTS) is 1. The Bertz CT molecular complexity index is 772. The highest BCUT2D eigenvalue weighted by atomic mass is 32.1. The number of carbonyl (C=O) groups excluding carboxylic acids is 2. The molecule has 2 aromatic heterocycles. The van der Waals surface area contributed by atoms with Crippen LogP contribution in [0.1, 0.15) is 32.8 Å². The van der Waals surface area contributed by atoms with Crippen molar-refractivity contribution < 1.29 is 19.5 Å².